The summed E-state index contributed by atoms with van der Waals surface area (Å²) in [5, 5.41) is 0. The second kappa shape index (κ2) is 6.26. The molecular formula is C9H11FINO2. The molecule has 1 rings (SSSR count). The first-order valence-electron chi connectivity index (χ1n) is 4.10. The highest BCUT2D eigenvalue weighted by atomic mass is 127. The molecule has 0 aliphatic rings. The van der Waals surface area contributed by atoms with Gasteiger partial charge >= 0.3 is 0 Å². The van der Waals surface area contributed by atoms with E-state index in [-0.39, 0.29) is 6.79 Å². The second-order valence-corrected chi connectivity index (χ2v) is 3.83. The van der Waals surface area contributed by atoms with Gasteiger partial charge in [-0.2, -0.15) is 4.39 Å². The third-order valence-corrected chi connectivity index (χ3v) is 2.62. The van der Waals surface area contributed by atoms with Crippen molar-refractivity contribution in [3.05, 3.63) is 27.3 Å². The summed E-state index contributed by atoms with van der Waals surface area (Å²) in [6.07, 6.45) is 2.25. The number of rotatable bonds is 5. The summed E-state index contributed by atoms with van der Waals surface area (Å²) in [5.41, 5.74) is 0.989. The van der Waals surface area contributed by atoms with Gasteiger partial charge in [-0.15, -0.1) is 0 Å². The fourth-order valence-corrected chi connectivity index (χ4v) is 1.61. The fourth-order valence-electron chi connectivity index (χ4n) is 0.944. The van der Waals surface area contributed by atoms with Crippen LogP contribution in [0.4, 0.5) is 4.39 Å². The Kier molecular flexibility index (Phi) is 5.28. The summed E-state index contributed by atoms with van der Waals surface area (Å²) < 4.78 is 23.3. The number of pyridine rings is 1. The minimum atomic E-state index is -0.448. The molecule has 0 saturated carbocycles. The summed E-state index contributed by atoms with van der Waals surface area (Å²) in [6.45, 7) is 0.836. The molecule has 0 saturated heterocycles. The van der Waals surface area contributed by atoms with Crippen molar-refractivity contribution in [2.45, 2.75) is 6.42 Å². The van der Waals surface area contributed by atoms with Gasteiger partial charge in [-0.05, 0) is 34.6 Å². The Morgan fingerprint density at radius 1 is 1.57 bits per heavy atom. The average molecular weight is 311 g/mol. The summed E-state index contributed by atoms with van der Waals surface area (Å²) in [6, 6.07) is 1.41. The van der Waals surface area contributed by atoms with Crippen LogP contribution < -0.4 is 0 Å². The van der Waals surface area contributed by atoms with Gasteiger partial charge in [0.2, 0.25) is 5.95 Å². The first kappa shape index (κ1) is 11.8. The number of hydrogen-bond donors (Lipinski definition) is 0. The normalized spacial score (nSPS) is 10.5. The van der Waals surface area contributed by atoms with Crippen molar-refractivity contribution in [3.8, 4) is 0 Å². The fraction of sp³-hybridized carbons (Fsp3) is 0.444. The Bertz CT molecular complexity index is 296. The van der Waals surface area contributed by atoms with Crippen LogP contribution in [0.2, 0.25) is 0 Å². The topological polar surface area (TPSA) is 31.4 Å². The van der Waals surface area contributed by atoms with Gasteiger partial charge in [0.1, 0.15) is 6.79 Å². The highest BCUT2D eigenvalue weighted by Gasteiger charge is 2.02. The van der Waals surface area contributed by atoms with E-state index in [1.165, 1.54) is 12.3 Å². The van der Waals surface area contributed by atoms with Gasteiger partial charge in [-0.3, -0.25) is 0 Å². The van der Waals surface area contributed by atoms with E-state index >= 15 is 0 Å². The SMILES string of the molecule is COCOCCc1cnc(F)cc1I. The van der Waals surface area contributed by atoms with Crippen LogP contribution in [0.25, 0.3) is 0 Å². The van der Waals surface area contributed by atoms with Crippen LogP contribution in [0.5, 0.6) is 0 Å². The highest BCUT2D eigenvalue weighted by molar-refractivity contribution is 14.1. The van der Waals surface area contributed by atoms with Gasteiger partial charge in [-0.25, -0.2) is 4.98 Å². The molecule has 1 aromatic rings. The van der Waals surface area contributed by atoms with E-state index in [4.69, 9.17) is 9.47 Å². The molecule has 1 aromatic heterocycles. The van der Waals surface area contributed by atoms with E-state index in [2.05, 4.69) is 27.6 Å². The van der Waals surface area contributed by atoms with E-state index in [1.807, 2.05) is 0 Å². The second-order valence-electron chi connectivity index (χ2n) is 2.66. The molecule has 0 aliphatic heterocycles. The molecule has 3 nitrogen and oxygen atoms in total. The molecule has 0 bridgehead atoms. The van der Waals surface area contributed by atoms with Gasteiger partial charge < -0.3 is 9.47 Å². The predicted molar refractivity (Wildman–Crippen MR) is 58.4 cm³/mol. The summed E-state index contributed by atoms with van der Waals surface area (Å²) in [4.78, 5) is 3.58. The highest BCUT2D eigenvalue weighted by Crippen LogP contribution is 2.12. The Labute approximate surface area is 95.8 Å². The van der Waals surface area contributed by atoms with E-state index in [0.29, 0.717) is 6.61 Å². The number of methoxy groups -OCH3 is 1. The van der Waals surface area contributed by atoms with Crippen molar-refractivity contribution >= 4 is 22.6 Å². The Morgan fingerprint density at radius 3 is 3.00 bits per heavy atom. The van der Waals surface area contributed by atoms with E-state index < -0.39 is 5.95 Å². The summed E-state index contributed by atoms with van der Waals surface area (Å²) >= 11 is 2.08. The molecule has 78 valence electrons. The molecule has 5 heteroatoms. The maximum absolute atomic E-state index is 12.6. The molecule has 1 heterocycles. The molecule has 0 aromatic carbocycles. The zero-order chi connectivity index (χ0) is 10.4. The molecule has 0 spiro atoms. The third kappa shape index (κ3) is 3.85. The van der Waals surface area contributed by atoms with Crippen molar-refractivity contribution in [1.29, 1.82) is 0 Å². The third-order valence-electron chi connectivity index (χ3n) is 1.61. The van der Waals surface area contributed by atoms with Crippen LogP contribution in [-0.4, -0.2) is 25.5 Å². The van der Waals surface area contributed by atoms with E-state index in [9.17, 15) is 4.39 Å². The van der Waals surface area contributed by atoms with Crippen molar-refractivity contribution in [2.75, 3.05) is 20.5 Å². The molecule has 0 radical (unpaired) electrons. The summed E-state index contributed by atoms with van der Waals surface area (Å²) in [7, 11) is 1.57. The Balaban J connectivity index is 2.42. The van der Waals surface area contributed by atoms with Crippen molar-refractivity contribution in [1.82, 2.24) is 4.98 Å². The minimum absolute atomic E-state index is 0.283. The van der Waals surface area contributed by atoms with Gasteiger partial charge in [0.15, 0.2) is 0 Å². The van der Waals surface area contributed by atoms with Crippen molar-refractivity contribution in [2.24, 2.45) is 0 Å². The van der Waals surface area contributed by atoms with E-state index in [1.54, 1.807) is 7.11 Å². The van der Waals surface area contributed by atoms with Gasteiger partial charge in [0.25, 0.3) is 0 Å². The lowest BCUT2D eigenvalue weighted by molar-refractivity contribution is -0.0292. The molecule has 0 N–H and O–H groups in total. The zero-order valence-corrected chi connectivity index (χ0v) is 9.95. The number of hydrogen-bond acceptors (Lipinski definition) is 3. The van der Waals surface area contributed by atoms with Crippen molar-refractivity contribution in [3.63, 3.8) is 0 Å². The maximum Gasteiger partial charge on any atom is 0.213 e. The molecular weight excluding hydrogens is 300 g/mol. The lowest BCUT2D eigenvalue weighted by Gasteiger charge is -2.04. The number of aromatic nitrogens is 1. The molecule has 14 heavy (non-hydrogen) atoms. The Hall–Kier alpha value is -0.270. The van der Waals surface area contributed by atoms with Crippen molar-refractivity contribution < 1.29 is 13.9 Å². The van der Waals surface area contributed by atoms with Gasteiger partial charge in [0, 0.05) is 22.9 Å². The number of nitrogens with zero attached hydrogens (tertiary/aromatic N) is 1. The van der Waals surface area contributed by atoms with Crippen LogP contribution in [0.3, 0.4) is 0 Å². The molecule has 0 amide bonds. The number of halogens is 2. The van der Waals surface area contributed by atoms with Gasteiger partial charge in [-0.1, -0.05) is 0 Å². The van der Waals surface area contributed by atoms with E-state index in [0.717, 1.165) is 15.6 Å². The summed E-state index contributed by atoms with van der Waals surface area (Å²) in [5.74, 6) is -0.448. The van der Waals surface area contributed by atoms with Crippen LogP contribution in [0.15, 0.2) is 12.3 Å². The van der Waals surface area contributed by atoms with Crippen LogP contribution >= 0.6 is 22.6 Å². The first-order chi connectivity index (χ1) is 6.74. The van der Waals surface area contributed by atoms with Crippen LogP contribution in [0, 0.1) is 9.52 Å². The largest absolute Gasteiger partial charge is 0.359 e. The molecule has 0 unspecified atom stereocenters. The standard InChI is InChI=1S/C9H11FINO2/c1-13-6-14-3-2-7-5-12-9(10)4-8(7)11/h4-5H,2-3,6H2,1H3. The van der Waals surface area contributed by atoms with Gasteiger partial charge in [0.05, 0.1) is 6.61 Å². The quantitative estimate of drug-likeness (QED) is 0.361. The smallest absolute Gasteiger partial charge is 0.213 e. The Morgan fingerprint density at radius 2 is 2.36 bits per heavy atom. The molecule has 0 aliphatic carbocycles. The van der Waals surface area contributed by atoms with Crippen LogP contribution in [-0.2, 0) is 15.9 Å². The lowest BCUT2D eigenvalue weighted by Crippen LogP contribution is -2.03. The molecule has 0 atom stereocenters. The predicted octanol–water partition coefficient (Wildman–Crippen LogP) is 1.99. The number of ether oxygens (including phenoxy) is 2. The average Bonchev–Trinajstić information content (AvgIpc) is 2.15. The monoisotopic (exact) mass is 311 g/mol. The molecule has 0 fully saturated rings. The minimum Gasteiger partial charge on any atom is -0.359 e. The first-order valence-corrected chi connectivity index (χ1v) is 5.18. The van der Waals surface area contributed by atoms with Crippen LogP contribution in [0.1, 0.15) is 5.56 Å². The maximum atomic E-state index is 12.6. The lowest BCUT2D eigenvalue weighted by atomic mass is 10.2. The zero-order valence-electron chi connectivity index (χ0n) is 7.80.